The molecule has 0 atom stereocenters. The molecule has 0 saturated heterocycles. The van der Waals surface area contributed by atoms with Crippen molar-refractivity contribution in [1.82, 2.24) is 20.6 Å². The van der Waals surface area contributed by atoms with Crippen molar-refractivity contribution in [2.75, 3.05) is 18.5 Å². The molecule has 0 aliphatic carbocycles. The van der Waals surface area contributed by atoms with Gasteiger partial charge in [0.25, 0.3) is 5.56 Å². The largest absolute Gasteiger partial charge is 0.493 e. The van der Waals surface area contributed by atoms with E-state index in [0.29, 0.717) is 12.4 Å². The fourth-order valence-corrected chi connectivity index (χ4v) is 2.68. The Morgan fingerprint density at radius 1 is 1.24 bits per heavy atom. The Morgan fingerprint density at radius 3 is 2.86 bits per heavy atom. The highest BCUT2D eigenvalue weighted by Gasteiger charge is 2.07. The number of benzene rings is 2. The van der Waals surface area contributed by atoms with Gasteiger partial charge >= 0.3 is 5.69 Å². The van der Waals surface area contributed by atoms with E-state index in [1.807, 2.05) is 48.3 Å². The maximum Gasteiger partial charge on any atom is 0.342 e. The summed E-state index contributed by atoms with van der Waals surface area (Å²) in [5.74, 6) is 0.250. The number of rotatable bonds is 8. The normalized spacial score (nSPS) is 10.9. The molecule has 0 fully saturated rings. The summed E-state index contributed by atoms with van der Waals surface area (Å²) in [6, 6.07) is 11.6. The minimum atomic E-state index is -0.701. The second-order valence-corrected chi connectivity index (χ2v) is 5.96. The molecular formula is C19H20N6O4. The average molecular weight is 396 g/mol. The molecule has 29 heavy (non-hydrogen) atoms. The number of aromatic nitrogens is 3. The van der Waals surface area contributed by atoms with Gasteiger partial charge in [-0.2, -0.15) is 5.10 Å². The number of hydrazone groups is 1. The Morgan fingerprint density at radius 2 is 2.07 bits per heavy atom. The lowest BCUT2D eigenvalue weighted by Crippen LogP contribution is -2.28. The molecule has 0 unspecified atom stereocenters. The summed E-state index contributed by atoms with van der Waals surface area (Å²) in [7, 11) is 0. The van der Waals surface area contributed by atoms with Crippen LogP contribution in [-0.4, -0.2) is 40.5 Å². The Bertz CT molecular complexity index is 1150. The van der Waals surface area contributed by atoms with Gasteiger partial charge in [-0.3, -0.25) is 14.6 Å². The maximum atomic E-state index is 12.0. The van der Waals surface area contributed by atoms with Crippen LogP contribution in [0.1, 0.15) is 18.9 Å². The molecule has 1 amide bonds. The third kappa shape index (κ3) is 5.06. The van der Waals surface area contributed by atoms with Gasteiger partial charge in [-0.15, -0.1) is 5.10 Å². The SMILES string of the molecule is CCOc1ccc2ccccc2c1/C=N/NC(=O)CCNc1n[nH]c(=O)[nH]c1=O. The first kappa shape index (κ1) is 19.8. The fourth-order valence-electron chi connectivity index (χ4n) is 2.68. The van der Waals surface area contributed by atoms with Crippen molar-refractivity contribution in [1.29, 1.82) is 0 Å². The van der Waals surface area contributed by atoms with E-state index in [-0.39, 0.29) is 24.7 Å². The van der Waals surface area contributed by atoms with Crippen LogP contribution in [0.25, 0.3) is 10.8 Å². The number of carbonyl (C=O) groups is 1. The topological polar surface area (TPSA) is 141 Å². The molecule has 1 heterocycles. The van der Waals surface area contributed by atoms with Gasteiger partial charge in [0, 0.05) is 18.5 Å². The van der Waals surface area contributed by atoms with Crippen molar-refractivity contribution in [2.24, 2.45) is 5.10 Å². The van der Waals surface area contributed by atoms with Crippen LogP contribution in [-0.2, 0) is 4.79 Å². The van der Waals surface area contributed by atoms with Gasteiger partial charge in [-0.05, 0) is 23.8 Å². The minimum absolute atomic E-state index is 0.0471. The number of hydrogen-bond donors (Lipinski definition) is 4. The Hall–Kier alpha value is -3.95. The summed E-state index contributed by atoms with van der Waals surface area (Å²) >= 11 is 0. The van der Waals surface area contributed by atoms with E-state index >= 15 is 0 Å². The van der Waals surface area contributed by atoms with E-state index in [1.165, 1.54) is 0 Å². The molecule has 3 aromatic rings. The number of anilines is 1. The molecule has 10 nitrogen and oxygen atoms in total. The maximum absolute atomic E-state index is 12.0. The quantitative estimate of drug-likeness (QED) is 0.330. The fraction of sp³-hybridized carbons (Fsp3) is 0.211. The van der Waals surface area contributed by atoms with Gasteiger partial charge in [-0.1, -0.05) is 30.3 Å². The smallest absolute Gasteiger partial charge is 0.342 e. The van der Waals surface area contributed by atoms with Crippen molar-refractivity contribution in [2.45, 2.75) is 13.3 Å². The Labute approximate surface area is 165 Å². The number of amides is 1. The van der Waals surface area contributed by atoms with Crippen LogP contribution in [0.2, 0.25) is 0 Å². The highest BCUT2D eigenvalue weighted by atomic mass is 16.5. The van der Waals surface area contributed by atoms with Crippen molar-refractivity contribution < 1.29 is 9.53 Å². The highest BCUT2D eigenvalue weighted by Crippen LogP contribution is 2.26. The van der Waals surface area contributed by atoms with E-state index in [4.69, 9.17) is 4.74 Å². The highest BCUT2D eigenvalue weighted by molar-refractivity contribution is 6.02. The molecule has 10 heteroatoms. The first-order chi connectivity index (χ1) is 14.1. The van der Waals surface area contributed by atoms with Crippen molar-refractivity contribution in [3.05, 3.63) is 62.8 Å². The summed E-state index contributed by atoms with van der Waals surface area (Å²) < 4.78 is 5.66. The predicted molar refractivity (Wildman–Crippen MR) is 109 cm³/mol. The zero-order valence-electron chi connectivity index (χ0n) is 15.7. The molecule has 3 rings (SSSR count). The van der Waals surface area contributed by atoms with Crippen LogP contribution in [0.4, 0.5) is 5.82 Å². The summed E-state index contributed by atoms with van der Waals surface area (Å²) in [4.78, 5) is 36.4. The molecule has 0 aliphatic heterocycles. The summed E-state index contributed by atoms with van der Waals surface area (Å²) in [5.41, 5.74) is 1.85. The summed E-state index contributed by atoms with van der Waals surface area (Å²) in [5, 5.41) is 14.4. The van der Waals surface area contributed by atoms with Gasteiger partial charge in [0.15, 0.2) is 0 Å². The average Bonchev–Trinajstić information content (AvgIpc) is 2.71. The van der Waals surface area contributed by atoms with Crippen LogP contribution in [0.3, 0.4) is 0 Å². The molecule has 0 aliphatic rings. The van der Waals surface area contributed by atoms with Gasteiger partial charge in [0.1, 0.15) is 5.75 Å². The third-order valence-corrected chi connectivity index (χ3v) is 3.97. The molecule has 2 aromatic carbocycles. The molecule has 1 aromatic heterocycles. The molecular weight excluding hydrogens is 376 g/mol. The van der Waals surface area contributed by atoms with E-state index in [9.17, 15) is 14.4 Å². The first-order valence-electron chi connectivity index (χ1n) is 8.98. The van der Waals surface area contributed by atoms with Crippen LogP contribution < -0.4 is 26.7 Å². The van der Waals surface area contributed by atoms with Gasteiger partial charge in [0.05, 0.1) is 12.8 Å². The van der Waals surface area contributed by atoms with Crippen molar-refractivity contribution >= 4 is 28.7 Å². The lowest BCUT2D eigenvalue weighted by Gasteiger charge is -2.10. The third-order valence-electron chi connectivity index (χ3n) is 3.97. The lowest BCUT2D eigenvalue weighted by atomic mass is 10.0. The zero-order chi connectivity index (χ0) is 20.6. The number of hydrogen-bond acceptors (Lipinski definition) is 7. The molecule has 0 saturated carbocycles. The lowest BCUT2D eigenvalue weighted by molar-refractivity contribution is -0.120. The monoisotopic (exact) mass is 396 g/mol. The van der Waals surface area contributed by atoms with Crippen LogP contribution in [0, 0.1) is 0 Å². The number of nitrogens with zero attached hydrogens (tertiary/aromatic N) is 2. The minimum Gasteiger partial charge on any atom is -0.493 e. The molecule has 0 bridgehead atoms. The second-order valence-electron chi connectivity index (χ2n) is 5.96. The van der Waals surface area contributed by atoms with Gasteiger partial charge < -0.3 is 10.1 Å². The standard InChI is InChI=1S/C19H20N6O4/c1-2-29-15-8-7-12-5-3-4-6-13(12)14(15)11-21-23-16(26)9-10-20-17-18(27)22-19(28)25-24-17/h3-8,11H,2,9-10H2,1H3,(H,20,24)(H,23,26)(H2,22,25,27,28)/b21-11+. The zero-order valence-corrected chi connectivity index (χ0v) is 15.7. The van der Waals surface area contributed by atoms with E-state index in [1.54, 1.807) is 6.21 Å². The van der Waals surface area contributed by atoms with E-state index in [2.05, 4.69) is 26.0 Å². The van der Waals surface area contributed by atoms with Crippen LogP contribution >= 0.6 is 0 Å². The second kappa shape index (κ2) is 9.31. The number of ether oxygens (including phenoxy) is 1. The number of nitrogens with one attached hydrogen (secondary N) is 4. The number of aromatic amines is 2. The van der Waals surface area contributed by atoms with Crippen LogP contribution in [0.15, 0.2) is 51.1 Å². The van der Waals surface area contributed by atoms with Gasteiger partial charge in [-0.25, -0.2) is 15.3 Å². The molecule has 0 spiro atoms. The first-order valence-corrected chi connectivity index (χ1v) is 8.98. The van der Waals surface area contributed by atoms with Crippen molar-refractivity contribution in [3.8, 4) is 5.75 Å². The Kier molecular flexibility index (Phi) is 6.36. The molecule has 150 valence electrons. The van der Waals surface area contributed by atoms with E-state index in [0.717, 1.165) is 16.3 Å². The van der Waals surface area contributed by atoms with E-state index < -0.39 is 11.2 Å². The predicted octanol–water partition coefficient (Wildman–Crippen LogP) is 0.962. The van der Waals surface area contributed by atoms with Crippen molar-refractivity contribution in [3.63, 3.8) is 0 Å². The van der Waals surface area contributed by atoms with Gasteiger partial charge in [0.2, 0.25) is 11.7 Å². The Balaban J connectivity index is 1.62. The number of fused-ring (bicyclic) bond motifs is 1. The number of H-pyrrole nitrogens is 2. The molecule has 0 radical (unpaired) electrons. The summed E-state index contributed by atoms with van der Waals surface area (Å²) in [6.45, 7) is 2.55. The summed E-state index contributed by atoms with van der Waals surface area (Å²) in [6.07, 6.45) is 1.60. The van der Waals surface area contributed by atoms with Crippen LogP contribution in [0.5, 0.6) is 5.75 Å². The number of carbonyl (C=O) groups excluding carboxylic acids is 1. The molecule has 4 N–H and O–H groups in total.